The van der Waals surface area contributed by atoms with Crippen LogP contribution in [0.15, 0.2) is 35.4 Å². The van der Waals surface area contributed by atoms with Gasteiger partial charge in [0, 0.05) is 26.7 Å². The molecule has 0 saturated carbocycles. The molecule has 29 heavy (non-hydrogen) atoms. The molecule has 0 unspecified atom stereocenters. The molecule has 1 aromatic heterocycles. The van der Waals surface area contributed by atoms with E-state index >= 15 is 0 Å². The number of rotatable bonds is 8. The van der Waals surface area contributed by atoms with Crippen molar-refractivity contribution in [3.8, 4) is 0 Å². The number of carbonyl (C=O) groups excluding carboxylic acids is 1. The van der Waals surface area contributed by atoms with Crippen LogP contribution in [0.2, 0.25) is 0 Å². The van der Waals surface area contributed by atoms with Gasteiger partial charge in [-0.1, -0.05) is 31.2 Å². The molecule has 0 bridgehead atoms. The third kappa shape index (κ3) is 5.72. The Morgan fingerprint density at radius 1 is 1.24 bits per heavy atom. The summed E-state index contributed by atoms with van der Waals surface area (Å²) in [6.07, 6.45) is 0. The van der Waals surface area contributed by atoms with Gasteiger partial charge in [-0.15, -0.1) is 11.8 Å². The van der Waals surface area contributed by atoms with Gasteiger partial charge in [0.25, 0.3) is 5.91 Å². The molecule has 0 aliphatic carbocycles. The molecule has 2 aromatic rings. The summed E-state index contributed by atoms with van der Waals surface area (Å²) in [5.41, 5.74) is 3.79. The van der Waals surface area contributed by atoms with Crippen LogP contribution >= 0.6 is 11.8 Å². The number of aryl methyl sites for hydroxylation is 1. The van der Waals surface area contributed by atoms with Crippen LogP contribution in [0.4, 0.5) is 5.82 Å². The second-order valence-corrected chi connectivity index (χ2v) is 8.19. The van der Waals surface area contributed by atoms with E-state index < -0.39 is 0 Å². The molecule has 1 aliphatic rings. The van der Waals surface area contributed by atoms with Crippen LogP contribution in [0, 0.1) is 6.92 Å². The first-order valence-electron chi connectivity index (χ1n) is 9.94. The smallest absolute Gasteiger partial charge is 0.254 e. The van der Waals surface area contributed by atoms with Gasteiger partial charge in [0.2, 0.25) is 0 Å². The number of anilines is 1. The molecular formula is C22H29N3O3S. The number of benzene rings is 1. The van der Waals surface area contributed by atoms with Crippen LogP contribution < -0.4 is 10.2 Å². The van der Waals surface area contributed by atoms with E-state index in [9.17, 15) is 4.79 Å². The Morgan fingerprint density at radius 3 is 2.59 bits per heavy atom. The molecule has 1 aliphatic heterocycles. The molecule has 1 saturated heterocycles. The monoisotopic (exact) mass is 415 g/mol. The average molecular weight is 416 g/mol. The van der Waals surface area contributed by atoms with Crippen molar-refractivity contribution in [1.82, 2.24) is 10.3 Å². The summed E-state index contributed by atoms with van der Waals surface area (Å²) in [4.78, 5) is 20.0. The summed E-state index contributed by atoms with van der Waals surface area (Å²) < 4.78 is 10.6. The maximum absolute atomic E-state index is 13.0. The highest BCUT2D eigenvalue weighted by Gasteiger charge is 2.20. The third-order valence-electron chi connectivity index (χ3n) is 4.80. The first-order chi connectivity index (χ1) is 14.1. The van der Waals surface area contributed by atoms with Crippen LogP contribution in [0.5, 0.6) is 0 Å². The summed E-state index contributed by atoms with van der Waals surface area (Å²) in [6, 6.07) is 10.1. The molecular weight excluding hydrogens is 386 g/mol. The third-order valence-corrected chi connectivity index (χ3v) is 5.66. The number of morpholine rings is 1. The van der Waals surface area contributed by atoms with Gasteiger partial charge < -0.3 is 19.7 Å². The Labute approximate surface area is 177 Å². The molecule has 6 nitrogen and oxygen atoms in total. The van der Waals surface area contributed by atoms with Gasteiger partial charge >= 0.3 is 0 Å². The zero-order chi connectivity index (χ0) is 20.6. The summed E-state index contributed by atoms with van der Waals surface area (Å²) in [5.74, 6) is 1.70. The fourth-order valence-corrected chi connectivity index (χ4v) is 4.12. The van der Waals surface area contributed by atoms with Gasteiger partial charge in [-0.2, -0.15) is 0 Å². The van der Waals surface area contributed by atoms with Crippen molar-refractivity contribution in [2.45, 2.75) is 32.0 Å². The number of pyridine rings is 1. The van der Waals surface area contributed by atoms with Gasteiger partial charge in [0.1, 0.15) is 10.8 Å². The Balaban J connectivity index is 1.74. The van der Waals surface area contributed by atoms with Crippen molar-refractivity contribution in [3.63, 3.8) is 0 Å². The lowest BCUT2D eigenvalue weighted by Gasteiger charge is -2.28. The van der Waals surface area contributed by atoms with Gasteiger partial charge in [-0.25, -0.2) is 4.98 Å². The number of aromatic nitrogens is 1. The normalized spacial score (nSPS) is 14.1. The van der Waals surface area contributed by atoms with E-state index in [4.69, 9.17) is 14.5 Å². The van der Waals surface area contributed by atoms with Crippen LogP contribution in [0.1, 0.15) is 34.0 Å². The molecule has 156 valence electrons. The molecule has 7 heteroatoms. The minimum absolute atomic E-state index is 0.0829. The first-order valence-corrected chi connectivity index (χ1v) is 10.9. The highest BCUT2D eigenvalue weighted by Crippen LogP contribution is 2.28. The fourth-order valence-electron chi connectivity index (χ4n) is 3.29. The minimum atomic E-state index is -0.0829. The second kappa shape index (κ2) is 10.6. The number of thioether (sulfide) groups is 1. The number of nitrogens with zero attached hydrogens (tertiary/aromatic N) is 2. The van der Waals surface area contributed by atoms with Gasteiger partial charge in [0.05, 0.1) is 25.4 Å². The molecule has 0 spiro atoms. The zero-order valence-corrected chi connectivity index (χ0v) is 18.2. The number of carbonyl (C=O) groups is 1. The first kappa shape index (κ1) is 21.6. The van der Waals surface area contributed by atoms with E-state index in [1.54, 1.807) is 18.9 Å². The standard InChI is InChI=1S/C22H29N3O3S/c1-4-29-22-20(16(2)13-19(24-22)25-9-11-28-12-10-25)21(26)23-14-17-5-7-18(8-6-17)15-27-3/h5-8,13H,4,9-12,14-15H2,1-3H3,(H,23,26). The second-order valence-electron chi connectivity index (χ2n) is 6.94. The largest absolute Gasteiger partial charge is 0.380 e. The lowest BCUT2D eigenvalue weighted by Crippen LogP contribution is -2.37. The van der Waals surface area contributed by atoms with Crippen molar-refractivity contribution in [2.75, 3.05) is 44.1 Å². The Bertz CT molecular complexity index is 821. The van der Waals surface area contributed by atoms with Crippen LogP contribution in [-0.2, 0) is 22.6 Å². The molecule has 2 heterocycles. The average Bonchev–Trinajstić information content (AvgIpc) is 2.74. The van der Waals surface area contributed by atoms with E-state index in [1.165, 1.54) is 0 Å². The van der Waals surface area contributed by atoms with Crippen LogP contribution in [-0.4, -0.2) is 50.1 Å². The predicted octanol–water partition coefficient (Wildman–Crippen LogP) is 3.42. The van der Waals surface area contributed by atoms with E-state index in [1.807, 2.05) is 37.3 Å². The topological polar surface area (TPSA) is 63.7 Å². The van der Waals surface area contributed by atoms with Crippen molar-refractivity contribution >= 4 is 23.5 Å². The number of amides is 1. The summed E-state index contributed by atoms with van der Waals surface area (Å²) in [7, 11) is 1.68. The van der Waals surface area contributed by atoms with E-state index in [0.29, 0.717) is 31.9 Å². The van der Waals surface area contributed by atoms with Crippen LogP contribution in [0.25, 0.3) is 0 Å². The SMILES string of the molecule is CCSc1nc(N2CCOCC2)cc(C)c1C(=O)NCc1ccc(COC)cc1. The van der Waals surface area contributed by atoms with E-state index in [-0.39, 0.29) is 5.91 Å². The molecule has 1 aromatic carbocycles. The number of ether oxygens (including phenoxy) is 2. The van der Waals surface area contributed by atoms with Gasteiger partial charge in [-0.05, 0) is 35.4 Å². The fraction of sp³-hybridized carbons (Fsp3) is 0.455. The summed E-state index contributed by atoms with van der Waals surface area (Å²) >= 11 is 1.61. The van der Waals surface area contributed by atoms with Crippen molar-refractivity contribution in [1.29, 1.82) is 0 Å². The zero-order valence-electron chi connectivity index (χ0n) is 17.4. The molecule has 0 atom stereocenters. The molecule has 0 radical (unpaired) electrons. The summed E-state index contributed by atoms with van der Waals surface area (Å²) in [5, 5.41) is 3.84. The Kier molecular flexibility index (Phi) is 7.91. The lowest BCUT2D eigenvalue weighted by molar-refractivity contribution is 0.0946. The van der Waals surface area contributed by atoms with Gasteiger partial charge in [0.15, 0.2) is 0 Å². The highest BCUT2D eigenvalue weighted by atomic mass is 32.2. The minimum Gasteiger partial charge on any atom is -0.380 e. The van der Waals surface area contributed by atoms with Crippen molar-refractivity contribution in [3.05, 3.63) is 52.6 Å². The molecule has 1 fully saturated rings. The Hall–Kier alpha value is -2.09. The van der Waals surface area contributed by atoms with Crippen molar-refractivity contribution < 1.29 is 14.3 Å². The number of hydrogen-bond donors (Lipinski definition) is 1. The van der Waals surface area contributed by atoms with E-state index in [2.05, 4.69) is 17.1 Å². The number of methoxy groups -OCH3 is 1. The van der Waals surface area contributed by atoms with E-state index in [0.717, 1.165) is 46.4 Å². The lowest BCUT2D eigenvalue weighted by atomic mass is 10.1. The maximum Gasteiger partial charge on any atom is 0.254 e. The summed E-state index contributed by atoms with van der Waals surface area (Å²) in [6.45, 7) is 8.20. The number of nitrogens with one attached hydrogen (secondary N) is 1. The van der Waals surface area contributed by atoms with Crippen molar-refractivity contribution in [2.24, 2.45) is 0 Å². The van der Waals surface area contributed by atoms with Crippen LogP contribution in [0.3, 0.4) is 0 Å². The Morgan fingerprint density at radius 2 is 1.93 bits per heavy atom. The molecule has 1 N–H and O–H groups in total. The maximum atomic E-state index is 13.0. The predicted molar refractivity (Wildman–Crippen MR) is 117 cm³/mol. The quantitative estimate of drug-likeness (QED) is 0.667. The van der Waals surface area contributed by atoms with Gasteiger partial charge in [-0.3, -0.25) is 4.79 Å². The molecule has 3 rings (SSSR count). The highest BCUT2D eigenvalue weighted by molar-refractivity contribution is 7.99. The molecule has 1 amide bonds. The number of hydrogen-bond acceptors (Lipinski definition) is 6.